The molecule has 0 saturated carbocycles. The minimum absolute atomic E-state index is 0.125. The van der Waals surface area contributed by atoms with Gasteiger partial charge >= 0.3 is 12.1 Å². The summed E-state index contributed by atoms with van der Waals surface area (Å²) in [6.07, 6.45) is -1.34. The van der Waals surface area contributed by atoms with Crippen LogP contribution in [0.4, 0.5) is 4.79 Å². The Balaban J connectivity index is 1.95. The van der Waals surface area contributed by atoms with E-state index in [0.717, 1.165) is 5.56 Å². The molecule has 2 unspecified atom stereocenters. The van der Waals surface area contributed by atoms with Gasteiger partial charge in [0.2, 0.25) is 0 Å². The number of amides is 1. The summed E-state index contributed by atoms with van der Waals surface area (Å²) >= 11 is 0. The molecule has 3 N–H and O–H groups in total. The minimum atomic E-state index is -1.05. The molecule has 0 aromatic heterocycles. The topological polar surface area (TPSA) is 96.9 Å². The standard InChI is InChI=1S/C16H22N2O5/c1-16(9-14(19)20,13-10-17-7-8-22-13)18-15(21)23-11-12-5-3-2-4-6-12/h2-6,13,17H,7-11H2,1H3,(H,18,21)(H,19,20). The molecule has 2 atom stereocenters. The van der Waals surface area contributed by atoms with Crippen molar-refractivity contribution in [3.8, 4) is 0 Å². The number of carbonyl (C=O) groups excluding carboxylic acids is 1. The Morgan fingerprint density at radius 1 is 1.43 bits per heavy atom. The molecule has 0 bridgehead atoms. The van der Waals surface area contributed by atoms with Crippen molar-refractivity contribution in [2.24, 2.45) is 0 Å². The zero-order valence-corrected chi connectivity index (χ0v) is 13.1. The summed E-state index contributed by atoms with van der Waals surface area (Å²) in [4.78, 5) is 23.2. The van der Waals surface area contributed by atoms with Crippen molar-refractivity contribution < 1.29 is 24.2 Å². The highest BCUT2D eigenvalue weighted by Crippen LogP contribution is 2.20. The number of hydrogen-bond donors (Lipinski definition) is 3. The van der Waals surface area contributed by atoms with E-state index in [2.05, 4.69) is 10.6 Å². The molecule has 0 spiro atoms. The van der Waals surface area contributed by atoms with Crippen molar-refractivity contribution in [2.45, 2.75) is 31.6 Å². The van der Waals surface area contributed by atoms with Gasteiger partial charge in [-0.1, -0.05) is 30.3 Å². The van der Waals surface area contributed by atoms with Gasteiger partial charge in [-0.25, -0.2) is 4.79 Å². The van der Waals surface area contributed by atoms with Crippen LogP contribution in [0.5, 0.6) is 0 Å². The van der Waals surface area contributed by atoms with Crippen molar-refractivity contribution in [3.05, 3.63) is 35.9 Å². The van der Waals surface area contributed by atoms with Gasteiger partial charge in [-0.15, -0.1) is 0 Å². The first-order valence-corrected chi connectivity index (χ1v) is 7.52. The summed E-state index contributed by atoms with van der Waals surface area (Å²) in [5.41, 5.74) is -0.189. The summed E-state index contributed by atoms with van der Waals surface area (Å²) in [6.45, 7) is 3.43. The number of hydrogen-bond acceptors (Lipinski definition) is 5. The van der Waals surface area contributed by atoms with Gasteiger partial charge in [0, 0.05) is 13.1 Å². The fourth-order valence-electron chi connectivity index (χ4n) is 2.52. The van der Waals surface area contributed by atoms with Crippen LogP contribution in [0.15, 0.2) is 30.3 Å². The van der Waals surface area contributed by atoms with Gasteiger partial charge < -0.3 is 25.2 Å². The molecule has 7 nitrogen and oxygen atoms in total. The number of morpholine rings is 1. The van der Waals surface area contributed by atoms with Crippen molar-refractivity contribution in [1.82, 2.24) is 10.6 Å². The average Bonchev–Trinajstić information content (AvgIpc) is 2.54. The lowest BCUT2D eigenvalue weighted by Gasteiger charge is -2.39. The molecule has 1 amide bonds. The molecule has 2 rings (SSSR count). The summed E-state index contributed by atoms with van der Waals surface area (Å²) in [6, 6.07) is 9.27. The van der Waals surface area contributed by atoms with Crippen molar-refractivity contribution in [1.29, 1.82) is 0 Å². The molecule has 1 heterocycles. The number of benzene rings is 1. The van der Waals surface area contributed by atoms with Gasteiger partial charge in [0.25, 0.3) is 0 Å². The van der Waals surface area contributed by atoms with E-state index in [1.807, 2.05) is 30.3 Å². The molecule has 1 saturated heterocycles. The second kappa shape index (κ2) is 7.94. The lowest BCUT2D eigenvalue weighted by atomic mass is 9.90. The number of carboxylic acids is 1. The summed E-state index contributed by atoms with van der Waals surface area (Å²) < 4.78 is 10.8. The monoisotopic (exact) mass is 322 g/mol. The number of carbonyl (C=O) groups is 2. The lowest BCUT2D eigenvalue weighted by molar-refractivity contribution is -0.141. The highest BCUT2D eigenvalue weighted by molar-refractivity contribution is 5.72. The van der Waals surface area contributed by atoms with Crippen LogP contribution in [-0.2, 0) is 20.9 Å². The fourth-order valence-corrected chi connectivity index (χ4v) is 2.52. The normalized spacial score (nSPS) is 20.3. The van der Waals surface area contributed by atoms with Gasteiger partial charge in [0.05, 0.1) is 24.7 Å². The van der Waals surface area contributed by atoms with E-state index in [1.54, 1.807) is 6.92 Å². The Labute approximate surface area is 135 Å². The van der Waals surface area contributed by atoms with Gasteiger partial charge in [-0.05, 0) is 12.5 Å². The molecule has 7 heteroatoms. The van der Waals surface area contributed by atoms with Crippen LogP contribution >= 0.6 is 0 Å². The minimum Gasteiger partial charge on any atom is -0.481 e. The van der Waals surface area contributed by atoms with Gasteiger partial charge in [-0.3, -0.25) is 4.79 Å². The maximum atomic E-state index is 12.1. The Morgan fingerprint density at radius 2 is 2.17 bits per heavy atom. The molecule has 1 aliphatic heterocycles. The molecule has 1 aromatic carbocycles. The van der Waals surface area contributed by atoms with E-state index < -0.39 is 23.7 Å². The number of ether oxygens (including phenoxy) is 2. The van der Waals surface area contributed by atoms with E-state index in [9.17, 15) is 9.59 Å². The zero-order valence-electron chi connectivity index (χ0n) is 13.1. The van der Waals surface area contributed by atoms with Crippen LogP contribution in [0.25, 0.3) is 0 Å². The number of nitrogens with one attached hydrogen (secondary N) is 2. The van der Waals surface area contributed by atoms with Gasteiger partial charge in [0.1, 0.15) is 6.61 Å². The highest BCUT2D eigenvalue weighted by Gasteiger charge is 2.40. The quantitative estimate of drug-likeness (QED) is 0.726. The van der Waals surface area contributed by atoms with Crippen LogP contribution in [0, 0.1) is 0 Å². The first-order valence-electron chi connectivity index (χ1n) is 7.52. The molecule has 1 aliphatic rings. The predicted molar refractivity (Wildman–Crippen MR) is 83.0 cm³/mol. The largest absolute Gasteiger partial charge is 0.481 e. The van der Waals surface area contributed by atoms with Crippen molar-refractivity contribution in [3.63, 3.8) is 0 Å². The van der Waals surface area contributed by atoms with Gasteiger partial charge in [-0.2, -0.15) is 0 Å². The zero-order chi connectivity index (χ0) is 16.7. The van der Waals surface area contributed by atoms with Crippen LogP contribution < -0.4 is 10.6 Å². The third-order valence-electron chi connectivity index (χ3n) is 3.76. The first-order chi connectivity index (χ1) is 11.0. The smallest absolute Gasteiger partial charge is 0.407 e. The van der Waals surface area contributed by atoms with Gasteiger partial charge in [0.15, 0.2) is 0 Å². The van der Waals surface area contributed by atoms with Crippen LogP contribution in [0.3, 0.4) is 0 Å². The number of rotatable bonds is 6. The molecule has 1 aromatic rings. The SMILES string of the molecule is CC(CC(=O)O)(NC(=O)OCc1ccccc1)C1CNCCO1. The summed E-state index contributed by atoms with van der Waals surface area (Å²) in [5, 5.41) is 14.9. The second-order valence-electron chi connectivity index (χ2n) is 5.74. The van der Waals surface area contributed by atoms with E-state index in [4.69, 9.17) is 14.6 Å². The molecule has 0 aliphatic carbocycles. The van der Waals surface area contributed by atoms with E-state index in [0.29, 0.717) is 19.7 Å². The third-order valence-corrected chi connectivity index (χ3v) is 3.76. The number of alkyl carbamates (subject to hydrolysis) is 1. The summed E-state index contributed by atoms with van der Waals surface area (Å²) in [7, 11) is 0. The Kier molecular flexibility index (Phi) is 5.95. The Morgan fingerprint density at radius 3 is 2.78 bits per heavy atom. The van der Waals surface area contributed by atoms with Crippen LogP contribution in [0.1, 0.15) is 18.9 Å². The average molecular weight is 322 g/mol. The van der Waals surface area contributed by atoms with E-state index in [1.165, 1.54) is 0 Å². The van der Waals surface area contributed by atoms with Crippen LogP contribution in [-0.4, -0.2) is 48.5 Å². The molecular weight excluding hydrogens is 300 g/mol. The highest BCUT2D eigenvalue weighted by atomic mass is 16.5. The first kappa shape index (κ1) is 17.2. The third kappa shape index (κ3) is 5.22. The maximum Gasteiger partial charge on any atom is 0.407 e. The molecule has 1 fully saturated rings. The van der Waals surface area contributed by atoms with Crippen molar-refractivity contribution >= 4 is 12.1 Å². The molecule has 23 heavy (non-hydrogen) atoms. The molecule has 0 radical (unpaired) electrons. The summed E-state index contributed by atoms with van der Waals surface area (Å²) in [5.74, 6) is -1.01. The van der Waals surface area contributed by atoms with Crippen molar-refractivity contribution in [2.75, 3.05) is 19.7 Å². The number of carboxylic acid groups (broad SMARTS) is 1. The lowest BCUT2D eigenvalue weighted by Crippen LogP contribution is -2.61. The Hall–Kier alpha value is -2.12. The number of aliphatic carboxylic acids is 1. The predicted octanol–water partition coefficient (Wildman–Crippen LogP) is 1.13. The fraction of sp³-hybridized carbons (Fsp3) is 0.500. The van der Waals surface area contributed by atoms with E-state index in [-0.39, 0.29) is 13.0 Å². The van der Waals surface area contributed by atoms with Crippen LogP contribution in [0.2, 0.25) is 0 Å². The maximum absolute atomic E-state index is 12.1. The second-order valence-corrected chi connectivity index (χ2v) is 5.74. The molecular formula is C16H22N2O5. The Bertz CT molecular complexity index is 531. The molecule has 126 valence electrons. The van der Waals surface area contributed by atoms with E-state index >= 15 is 0 Å².